The van der Waals surface area contributed by atoms with Gasteiger partial charge in [0.1, 0.15) is 0 Å². The molecule has 3 aliphatic rings. The van der Waals surface area contributed by atoms with Crippen LogP contribution in [0.1, 0.15) is 26.7 Å². The van der Waals surface area contributed by atoms with Crippen LogP contribution in [-0.4, -0.2) is 12.1 Å². The van der Waals surface area contributed by atoms with E-state index in [9.17, 15) is 4.79 Å². The van der Waals surface area contributed by atoms with Gasteiger partial charge in [-0.1, -0.05) is 20.4 Å². The number of carbonyl (C=O) groups excluding carboxylic acids is 1. The van der Waals surface area contributed by atoms with Gasteiger partial charge in [0.05, 0.1) is 6.04 Å². The Labute approximate surface area is 78.7 Å². The minimum absolute atomic E-state index is 0.0641. The standard InChI is InChI=1S/C11H15NO/c1-7-9-4-8(11(9,2)3)5-10(7)12-6-13/h8-10H,1,4-5H2,2-3H3/t8-,9+,10+/m1/s1. The zero-order chi connectivity index (χ0) is 9.64. The number of isocyanates is 1. The van der Waals surface area contributed by atoms with Crippen molar-refractivity contribution in [3.8, 4) is 0 Å². The van der Waals surface area contributed by atoms with Crippen molar-refractivity contribution in [3.63, 3.8) is 0 Å². The lowest BCUT2D eigenvalue weighted by atomic mass is 9.46. The van der Waals surface area contributed by atoms with Crippen LogP contribution in [0.3, 0.4) is 0 Å². The largest absolute Gasteiger partial charge is 0.235 e. The lowest BCUT2D eigenvalue weighted by Gasteiger charge is -2.59. The highest BCUT2D eigenvalue weighted by atomic mass is 16.1. The van der Waals surface area contributed by atoms with Crippen LogP contribution in [0, 0.1) is 17.3 Å². The number of hydrogen-bond donors (Lipinski definition) is 0. The van der Waals surface area contributed by atoms with Crippen LogP contribution in [0.4, 0.5) is 0 Å². The molecule has 0 radical (unpaired) electrons. The Morgan fingerprint density at radius 2 is 2.23 bits per heavy atom. The molecular formula is C11H15NO. The zero-order valence-electron chi connectivity index (χ0n) is 8.21. The Morgan fingerprint density at radius 3 is 2.69 bits per heavy atom. The van der Waals surface area contributed by atoms with Gasteiger partial charge in [-0.2, -0.15) is 4.99 Å². The first kappa shape index (κ1) is 8.71. The van der Waals surface area contributed by atoms with Crippen LogP contribution in [0.5, 0.6) is 0 Å². The molecule has 0 aromatic carbocycles. The maximum atomic E-state index is 10.2. The summed E-state index contributed by atoms with van der Waals surface area (Å²) < 4.78 is 0. The molecule has 0 saturated heterocycles. The number of hydrogen-bond acceptors (Lipinski definition) is 2. The first-order valence-electron chi connectivity index (χ1n) is 4.83. The lowest BCUT2D eigenvalue weighted by molar-refractivity contribution is -0.0333. The second-order valence-corrected chi connectivity index (χ2v) is 4.85. The summed E-state index contributed by atoms with van der Waals surface area (Å²) in [5.74, 6) is 1.30. The molecule has 0 amide bonds. The molecular weight excluding hydrogens is 162 g/mol. The molecule has 3 rings (SSSR count). The predicted molar refractivity (Wildman–Crippen MR) is 51.0 cm³/mol. The minimum Gasteiger partial charge on any atom is -0.211 e. The van der Waals surface area contributed by atoms with Crippen molar-refractivity contribution in [2.24, 2.45) is 22.2 Å². The van der Waals surface area contributed by atoms with Crippen molar-refractivity contribution in [1.29, 1.82) is 0 Å². The molecule has 3 saturated carbocycles. The molecule has 2 nitrogen and oxygen atoms in total. The summed E-state index contributed by atoms with van der Waals surface area (Å²) in [6.45, 7) is 8.64. The van der Waals surface area contributed by atoms with E-state index in [2.05, 4.69) is 25.4 Å². The van der Waals surface area contributed by atoms with E-state index >= 15 is 0 Å². The number of nitrogens with zero attached hydrogens (tertiary/aromatic N) is 1. The van der Waals surface area contributed by atoms with E-state index in [-0.39, 0.29) is 6.04 Å². The molecule has 3 fully saturated rings. The van der Waals surface area contributed by atoms with Gasteiger partial charge >= 0.3 is 0 Å². The van der Waals surface area contributed by atoms with Crippen LogP contribution >= 0.6 is 0 Å². The van der Waals surface area contributed by atoms with E-state index in [1.54, 1.807) is 6.08 Å². The molecule has 2 heteroatoms. The molecule has 3 atom stereocenters. The van der Waals surface area contributed by atoms with Gasteiger partial charge in [-0.15, -0.1) is 0 Å². The molecule has 0 N–H and O–H groups in total. The quantitative estimate of drug-likeness (QED) is 0.343. The Hall–Kier alpha value is -0.880. The third kappa shape index (κ3) is 1.02. The van der Waals surface area contributed by atoms with Gasteiger partial charge in [0, 0.05) is 0 Å². The monoisotopic (exact) mass is 177 g/mol. The summed E-state index contributed by atoms with van der Waals surface area (Å²) in [4.78, 5) is 14.0. The van der Waals surface area contributed by atoms with Gasteiger partial charge in [-0.3, -0.25) is 0 Å². The third-order valence-electron chi connectivity index (χ3n) is 4.06. The highest BCUT2D eigenvalue weighted by Gasteiger charge is 2.54. The molecule has 0 aromatic rings. The summed E-state index contributed by atoms with van der Waals surface area (Å²) in [5.41, 5.74) is 1.54. The van der Waals surface area contributed by atoms with Gasteiger partial charge in [0.25, 0.3) is 0 Å². The van der Waals surface area contributed by atoms with E-state index in [4.69, 9.17) is 0 Å². The Morgan fingerprint density at radius 1 is 1.54 bits per heavy atom. The number of rotatable bonds is 1. The first-order chi connectivity index (χ1) is 6.07. The molecule has 2 bridgehead atoms. The second-order valence-electron chi connectivity index (χ2n) is 4.85. The van der Waals surface area contributed by atoms with Gasteiger partial charge in [-0.25, -0.2) is 4.79 Å². The highest BCUT2D eigenvalue weighted by molar-refractivity contribution is 5.37. The normalized spacial score (nSPS) is 40.5. The molecule has 3 aliphatic carbocycles. The minimum atomic E-state index is 0.0641. The molecule has 0 aliphatic heterocycles. The topological polar surface area (TPSA) is 29.4 Å². The number of fused-ring (bicyclic) bond motifs is 2. The van der Waals surface area contributed by atoms with Crippen molar-refractivity contribution < 1.29 is 4.79 Å². The summed E-state index contributed by atoms with van der Waals surface area (Å²) >= 11 is 0. The fourth-order valence-electron chi connectivity index (χ4n) is 2.90. The smallest absolute Gasteiger partial charge is 0.211 e. The fraction of sp³-hybridized carbons (Fsp3) is 0.727. The first-order valence-corrected chi connectivity index (χ1v) is 4.83. The Bertz CT molecular complexity index is 299. The third-order valence-corrected chi connectivity index (χ3v) is 4.06. The number of aliphatic imine (C=N–C) groups is 1. The summed E-state index contributed by atoms with van der Waals surface area (Å²) in [5, 5.41) is 0. The Kier molecular flexibility index (Phi) is 1.71. The van der Waals surface area contributed by atoms with Gasteiger partial charge in [-0.05, 0) is 35.7 Å². The van der Waals surface area contributed by atoms with Crippen LogP contribution in [0.25, 0.3) is 0 Å². The molecule has 0 unspecified atom stereocenters. The average Bonchev–Trinajstić information content (AvgIpc) is 2.08. The van der Waals surface area contributed by atoms with Crippen molar-refractivity contribution in [2.45, 2.75) is 32.7 Å². The zero-order valence-corrected chi connectivity index (χ0v) is 8.21. The van der Waals surface area contributed by atoms with E-state index < -0.39 is 0 Å². The van der Waals surface area contributed by atoms with Crippen molar-refractivity contribution in [3.05, 3.63) is 12.2 Å². The molecule has 0 spiro atoms. The van der Waals surface area contributed by atoms with Crippen LogP contribution in [-0.2, 0) is 4.79 Å². The lowest BCUT2D eigenvalue weighted by Crippen LogP contribution is -2.52. The van der Waals surface area contributed by atoms with Gasteiger partial charge in [0.2, 0.25) is 6.08 Å². The maximum absolute atomic E-state index is 10.2. The highest BCUT2D eigenvalue weighted by Crippen LogP contribution is 2.61. The van der Waals surface area contributed by atoms with Gasteiger partial charge < -0.3 is 0 Å². The SMILES string of the molecule is C=C1[C@@H](N=C=O)C[C@H]2C[C@@H]1C2(C)C. The summed E-state index contributed by atoms with van der Waals surface area (Å²) in [6.07, 6.45) is 3.89. The summed E-state index contributed by atoms with van der Waals surface area (Å²) in [6, 6.07) is 0.0641. The average molecular weight is 177 g/mol. The maximum Gasteiger partial charge on any atom is 0.235 e. The van der Waals surface area contributed by atoms with Crippen LogP contribution in [0.15, 0.2) is 17.1 Å². The summed E-state index contributed by atoms with van der Waals surface area (Å²) in [7, 11) is 0. The van der Waals surface area contributed by atoms with Crippen LogP contribution in [0.2, 0.25) is 0 Å². The molecule has 0 heterocycles. The van der Waals surface area contributed by atoms with Crippen molar-refractivity contribution in [2.75, 3.05) is 0 Å². The van der Waals surface area contributed by atoms with Gasteiger partial charge in [0.15, 0.2) is 0 Å². The van der Waals surface area contributed by atoms with Crippen molar-refractivity contribution >= 4 is 6.08 Å². The van der Waals surface area contributed by atoms with E-state index in [1.165, 1.54) is 6.42 Å². The molecule has 13 heavy (non-hydrogen) atoms. The van der Waals surface area contributed by atoms with E-state index in [1.807, 2.05) is 0 Å². The van der Waals surface area contributed by atoms with Crippen molar-refractivity contribution in [1.82, 2.24) is 0 Å². The Balaban J connectivity index is 2.21. The second kappa shape index (κ2) is 2.55. The predicted octanol–water partition coefficient (Wildman–Crippen LogP) is 2.31. The van der Waals surface area contributed by atoms with E-state index in [0.717, 1.165) is 17.9 Å². The molecule has 70 valence electrons. The fourth-order valence-corrected chi connectivity index (χ4v) is 2.90. The van der Waals surface area contributed by atoms with E-state index in [0.29, 0.717) is 11.3 Å². The van der Waals surface area contributed by atoms with Crippen LogP contribution < -0.4 is 0 Å². The molecule has 0 aromatic heterocycles.